The number of benzene rings is 1. The summed E-state index contributed by atoms with van der Waals surface area (Å²) in [5.74, 6) is 1.02. The van der Waals surface area contributed by atoms with E-state index in [9.17, 15) is 9.59 Å². The van der Waals surface area contributed by atoms with Gasteiger partial charge in [0.2, 0.25) is 0 Å². The molecule has 0 saturated heterocycles. The quantitative estimate of drug-likeness (QED) is 0.166. The molecule has 2 aromatic heterocycles. The Bertz CT molecular complexity index is 1470. The van der Waals surface area contributed by atoms with Crippen LogP contribution in [0.15, 0.2) is 44.0 Å². The van der Waals surface area contributed by atoms with Crippen LogP contribution in [0.5, 0.6) is 0 Å². The van der Waals surface area contributed by atoms with Crippen molar-refractivity contribution in [2.24, 2.45) is 11.8 Å². The van der Waals surface area contributed by atoms with Crippen LogP contribution in [-0.4, -0.2) is 24.9 Å². The number of hydrogen-bond acceptors (Lipinski definition) is 4. The molecule has 0 aliphatic carbocycles. The lowest BCUT2D eigenvalue weighted by Gasteiger charge is -2.26. The second-order valence-electron chi connectivity index (χ2n) is 11.5. The molecule has 8 heteroatoms. The van der Waals surface area contributed by atoms with Crippen LogP contribution in [0.2, 0.25) is 0 Å². The standard InChI is InChI=1S/C34H40Br2N2O2S2/c1-5-9-11-21(7-3)19-37-25-17-24-26(18-23(25)31(33(37)39)27-13-15-29(35)41-27)38(20-22(8-4)12-10-6-2)34(40)32(24)28-14-16-30(36)42-28/h13-18,21-22H,5-12,19-20H2,1-4H3. The molecule has 2 aliphatic rings. The smallest absolute Gasteiger partial charge is 0.260 e. The summed E-state index contributed by atoms with van der Waals surface area (Å²) in [6.07, 6.45) is 8.92. The van der Waals surface area contributed by atoms with Gasteiger partial charge in [0.25, 0.3) is 11.8 Å². The van der Waals surface area contributed by atoms with Crippen LogP contribution in [-0.2, 0) is 9.59 Å². The van der Waals surface area contributed by atoms with Gasteiger partial charge in [-0.05, 0) is 92.9 Å². The summed E-state index contributed by atoms with van der Waals surface area (Å²) >= 11 is 10.4. The van der Waals surface area contributed by atoms with Crippen molar-refractivity contribution < 1.29 is 9.59 Å². The van der Waals surface area contributed by atoms with Gasteiger partial charge in [0.1, 0.15) is 0 Å². The summed E-state index contributed by atoms with van der Waals surface area (Å²) in [6.45, 7) is 10.3. The van der Waals surface area contributed by atoms with Gasteiger partial charge < -0.3 is 9.80 Å². The minimum Gasteiger partial charge on any atom is -0.307 e. The first-order valence-electron chi connectivity index (χ1n) is 15.4. The Morgan fingerprint density at radius 2 is 1.07 bits per heavy atom. The lowest BCUT2D eigenvalue weighted by atomic mass is 9.98. The number of thiophene rings is 2. The number of nitrogens with zero attached hydrogens (tertiary/aromatic N) is 2. The average Bonchev–Trinajstić information content (AvgIpc) is 3.72. The molecule has 4 heterocycles. The van der Waals surface area contributed by atoms with E-state index in [2.05, 4.69) is 71.7 Å². The van der Waals surface area contributed by atoms with Crippen LogP contribution in [0.4, 0.5) is 11.4 Å². The monoisotopic (exact) mass is 730 g/mol. The van der Waals surface area contributed by atoms with Gasteiger partial charge in [-0.3, -0.25) is 9.59 Å². The lowest BCUT2D eigenvalue weighted by Crippen LogP contribution is -2.35. The van der Waals surface area contributed by atoms with Crippen molar-refractivity contribution in [3.05, 3.63) is 64.2 Å². The van der Waals surface area contributed by atoms with Gasteiger partial charge in [0.05, 0.1) is 30.1 Å². The first-order valence-corrected chi connectivity index (χ1v) is 18.6. The Morgan fingerprint density at radius 3 is 1.38 bits per heavy atom. The van der Waals surface area contributed by atoms with E-state index in [1.807, 2.05) is 34.1 Å². The van der Waals surface area contributed by atoms with Crippen molar-refractivity contribution in [2.75, 3.05) is 22.9 Å². The molecule has 0 fully saturated rings. The summed E-state index contributed by atoms with van der Waals surface area (Å²) in [6, 6.07) is 12.4. The van der Waals surface area contributed by atoms with E-state index < -0.39 is 0 Å². The largest absolute Gasteiger partial charge is 0.307 e. The molecule has 224 valence electrons. The van der Waals surface area contributed by atoms with Crippen molar-refractivity contribution in [1.29, 1.82) is 0 Å². The number of unbranched alkanes of at least 4 members (excludes halogenated alkanes) is 2. The number of rotatable bonds is 14. The Kier molecular flexibility index (Phi) is 10.5. The molecular weight excluding hydrogens is 692 g/mol. The molecule has 42 heavy (non-hydrogen) atoms. The number of carbonyl (C=O) groups is 2. The molecule has 0 N–H and O–H groups in total. The van der Waals surface area contributed by atoms with E-state index in [1.165, 1.54) is 0 Å². The molecule has 2 atom stereocenters. The second-order valence-corrected chi connectivity index (χ2v) is 16.4. The molecule has 5 rings (SSSR count). The third kappa shape index (κ3) is 6.24. The first kappa shape index (κ1) is 31.7. The molecule has 2 unspecified atom stereocenters. The maximum atomic E-state index is 14.3. The second kappa shape index (κ2) is 13.9. The fraction of sp³-hybridized carbons (Fsp3) is 0.471. The molecular formula is C34H40Br2N2O2S2. The lowest BCUT2D eigenvalue weighted by molar-refractivity contribution is -0.114. The molecule has 4 nitrogen and oxygen atoms in total. The zero-order chi connectivity index (χ0) is 30.0. The highest BCUT2D eigenvalue weighted by molar-refractivity contribution is 9.11. The van der Waals surface area contributed by atoms with E-state index in [-0.39, 0.29) is 11.8 Å². The average molecular weight is 733 g/mol. The predicted octanol–water partition coefficient (Wildman–Crippen LogP) is 8.86. The van der Waals surface area contributed by atoms with Crippen LogP contribution in [0.3, 0.4) is 0 Å². The maximum absolute atomic E-state index is 14.3. The fourth-order valence-electron chi connectivity index (χ4n) is 6.23. The number of anilines is 2. The third-order valence-electron chi connectivity index (χ3n) is 8.76. The minimum absolute atomic E-state index is 0.0747. The van der Waals surface area contributed by atoms with E-state index in [4.69, 9.17) is 0 Å². The highest BCUT2D eigenvalue weighted by Crippen LogP contribution is 2.37. The summed E-state index contributed by atoms with van der Waals surface area (Å²) < 4.78 is 2.01. The van der Waals surface area contributed by atoms with Gasteiger partial charge in [-0.1, -0.05) is 66.2 Å². The van der Waals surface area contributed by atoms with Crippen molar-refractivity contribution in [3.8, 4) is 0 Å². The number of carbonyl (C=O) groups excluding carboxylic acids is 2. The third-order valence-corrected chi connectivity index (χ3v) is 12.0. The number of amides is 2. The molecule has 2 amide bonds. The van der Waals surface area contributed by atoms with Gasteiger partial charge in [-0.15, -0.1) is 22.7 Å². The van der Waals surface area contributed by atoms with Crippen LogP contribution in [0.25, 0.3) is 11.1 Å². The van der Waals surface area contributed by atoms with Gasteiger partial charge in [-0.25, -0.2) is 0 Å². The van der Waals surface area contributed by atoms with Gasteiger partial charge in [-0.2, -0.15) is 0 Å². The summed E-state index contributed by atoms with van der Waals surface area (Å²) in [7, 11) is 0. The van der Waals surface area contributed by atoms with Crippen molar-refractivity contribution in [3.63, 3.8) is 0 Å². The van der Waals surface area contributed by atoms with E-state index >= 15 is 0 Å². The van der Waals surface area contributed by atoms with Gasteiger partial charge in [0, 0.05) is 33.3 Å². The Morgan fingerprint density at radius 1 is 0.667 bits per heavy atom. The molecule has 0 spiro atoms. The molecule has 0 saturated carbocycles. The van der Waals surface area contributed by atoms with E-state index in [0.29, 0.717) is 24.9 Å². The first-order chi connectivity index (χ1) is 20.3. The number of halogens is 2. The highest BCUT2D eigenvalue weighted by Gasteiger charge is 2.37. The van der Waals surface area contributed by atoms with E-state index in [0.717, 1.165) is 102 Å². The van der Waals surface area contributed by atoms with Crippen LogP contribution >= 0.6 is 54.5 Å². The van der Waals surface area contributed by atoms with Crippen molar-refractivity contribution >= 4 is 88.9 Å². The Hall–Kier alpha value is -1.74. The molecule has 0 radical (unpaired) electrons. The highest BCUT2D eigenvalue weighted by atomic mass is 79.9. The SMILES string of the molecule is CCCCC(CC)CN1C(=O)C(c2ccc(Br)s2)=c2cc3c(cc21)=C(c1ccc(Br)s1)C(=O)N3CC(CC)CCCC. The number of hydrogen-bond donors (Lipinski definition) is 0. The topological polar surface area (TPSA) is 40.6 Å². The van der Waals surface area contributed by atoms with Crippen LogP contribution in [0, 0.1) is 11.8 Å². The molecule has 0 bridgehead atoms. The summed E-state index contributed by atoms with van der Waals surface area (Å²) in [5, 5.41) is 1.90. The molecule has 2 aliphatic heterocycles. The van der Waals surface area contributed by atoms with Gasteiger partial charge >= 0.3 is 0 Å². The minimum atomic E-state index is 0.0747. The zero-order valence-electron chi connectivity index (χ0n) is 25.0. The number of fused-ring (bicyclic) bond motifs is 2. The van der Waals surface area contributed by atoms with Crippen LogP contribution in [0.1, 0.15) is 88.8 Å². The molecule has 1 aromatic carbocycles. The maximum Gasteiger partial charge on any atom is 0.260 e. The zero-order valence-corrected chi connectivity index (χ0v) is 29.8. The van der Waals surface area contributed by atoms with E-state index in [1.54, 1.807) is 22.7 Å². The van der Waals surface area contributed by atoms with Crippen molar-refractivity contribution in [2.45, 2.75) is 79.1 Å². The Labute approximate surface area is 274 Å². The molecule has 3 aromatic rings. The predicted molar refractivity (Wildman–Crippen MR) is 186 cm³/mol. The summed E-state index contributed by atoms with van der Waals surface area (Å²) in [5.41, 5.74) is 3.39. The summed E-state index contributed by atoms with van der Waals surface area (Å²) in [4.78, 5) is 34.5. The van der Waals surface area contributed by atoms with Crippen molar-refractivity contribution in [1.82, 2.24) is 0 Å². The van der Waals surface area contributed by atoms with Crippen LogP contribution < -0.4 is 20.2 Å². The van der Waals surface area contributed by atoms with Gasteiger partial charge in [0.15, 0.2) is 0 Å². The fourth-order valence-corrected chi connectivity index (χ4v) is 9.10. The Balaban J connectivity index is 1.71. The normalized spacial score (nSPS) is 16.0.